The Balaban J connectivity index is 2.67. The second kappa shape index (κ2) is 5.48. The minimum atomic E-state index is -3.30. The summed E-state index contributed by atoms with van der Waals surface area (Å²) in [5.41, 5.74) is 0. The van der Waals surface area contributed by atoms with E-state index in [0.29, 0.717) is 11.4 Å². The third-order valence-corrected chi connectivity index (χ3v) is 3.69. The van der Waals surface area contributed by atoms with E-state index in [-0.39, 0.29) is 0 Å². The summed E-state index contributed by atoms with van der Waals surface area (Å²) in [6.07, 6.45) is 0.784. The zero-order chi connectivity index (χ0) is 10.4. The number of hydrogen-bond acceptors (Lipinski definition) is 2. The Morgan fingerprint density at radius 2 is 1.86 bits per heavy atom. The topological polar surface area (TPSA) is 46.2 Å². The normalized spacial score (nSPS) is 11.5. The molecule has 0 aromatic heterocycles. The predicted molar refractivity (Wildman–Crippen MR) is 60.0 cm³/mol. The molecule has 1 aromatic carbocycles. The highest BCUT2D eigenvalue weighted by Gasteiger charge is 2.11. The van der Waals surface area contributed by atoms with Crippen LogP contribution in [-0.2, 0) is 10.0 Å². The minimum Gasteiger partial charge on any atom is -0.211 e. The molecule has 0 aliphatic rings. The number of nitrogens with one attached hydrogen (secondary N) is 1. The maximum absolute atomic E-state index is 11.6. The molecule has 0 unspecified atom stereocenters. The van der Waals surface area contributed by atoms with Crippen molar-refractivity contribution in [1.82, 2.24) is 4.72 Å². The number of alkyl halides is 1. The molecule has 0 atom stereocenters. The third kappa shape index (κ3) is 3.40. The molecule has 0 fully saturated rings. The van der Waals surface area contributed by atoms with E-state index in [1.165, 1.54) is 0 Å². The Morgan fingerprint density at radius 3 is 2.43 bits per heavy atom. The molecule has 1 N–H and O–H groups in total. The van der Waals surface area contributed by atoms with E-state index in [1.807, 2.05) is 0 Å². The van der Waals surface area contributed by atoms with Gasteiger partial charge in [0.15, 0.2) is 0 Å². The van der Waals surface area contributed by atoms with Gasteiger partial charge in [-0.25, -0.2) is 13.1 Å². The lowest BCUT2D eigenvalue weighted by Gasteiger charge is -2.04. The van der Waals surface area contributed by atoms with E-state index in [0.717, 1.165) is 11.8 Å². The van der Waals surface area contributed by atoms with Gasteiger partial charge in [0.25, 0.3) is 0 Å². The maximum atomic E-state index is 11.6. The van der Waals surface area contributed by atoms with E-state index >= 15 is 0 Å². The van der Waals surface area contributed by atoms with Gasteiger partial charge in [-0.2, -0.15) is 0 Å². The molecule has 78 valence electrons. The highest BCUT2D eigenvalue weighted by atomic mass is 79.9. The van der Waals surface area contributed by atoms with Gasteiger partial charge in [-0.1, -0.05) is 34.1 Å². The van der Waals surface area contributed by atoms with Crippen LogP contribution in [0.4, 0.5) is 0 Å². The first-order valence-electron chi connectivity index (χ1n) is 4.27. The lowest BCUT2D eigenvalue weighted by molar-refractivity contribution is 0.581. The number of halogens is 1. The van der Waals surface area contributed by atoms with Crippen molar-refractivity contribution < 1.29 is 8.42 Å². The van der Waals surface area contributed by atoms with Crippen molar-refractivity contribution in [1.29, 1.82) is 0 Å². The summed E-state index contributed by atoms with van der Waals surface area (Å²) < 4.78 is 25.7. The van der Waals surface area contributed by atoms with Gasteiger partial charge in [0.1, 0.15) is 0 Å². The molecule has 14 heavy (non-hydrogen) atoms. The van der Waals surface area contributed by atoms with Crippen molar-refractivity contribution in [2.75, 3.05) is 11.9 Å². The first kappa shape index (κ1) is 11.7. The Kier molecular flexibility index (Phi) is 4.57. The molecule has 0 aliphatic carbocycles. The molecule has 0 saturated carbocycles. The van der Waals surface area contributed by atoms with Crippen LogP contribution in [0, 0.1) is 0 Å². The van der Waals surface area contributed by atoms with Gasteiger partial charge in [-0.15, -0.1) is 0 Å². The van der Waals surface area contributed by atoms with Gasteiger partial charge in [0, 0.05) is 11.9 Å². The number of sulfonamides is 1. The minimum absolute atomic E-state index is 0.314. The molecule has 0 saturated heterocycles. The SMILES string of the molecule is O=S(=O)(NCCCBr)c1ccccc1. The summed E-state index contributed by atoms with van der Waals surface area (Å²) in [4.78, 5) is 0.314. The lowest BCUT2D eigenvalue weighted by atomic mass is 10.4. The van der Waals surface area contributed by atoms with Gasteiger partial charge in [-0.3, -0.25) is 0 Å². The van der Waals surface area contributed by atoms with Gasteiger partial charge < -0.3 is 0 Å². The van der Waals surface area contributed by atoms with Crippen LogP contribution in [0.25, 0.3) is 0 Å². The zero-order valence-electron chi connectivity index (χ0n) is 7.61. The van der Waals surface area contributed by atoms with Crippen LogP contribution in [0.2, 0.25) is 0 Å². The van der Waals surface area contributed by atoms with Gasteiger partial charge >= 0.3 is 0 Å². The summed E-state index contributed by atoms with van der Waals surface area (Å²) in [6, 6.07) is 8.36. The number of hydrogen-bond donors (Lipinski definition) is 1. The summed E-state index contributed by atoms with van der Waals surface area (Å²) in [5, 5.41) is 0.796. The molecule has 1 aromatic rings. The molecule has 1 rings (SSSR count). The zero-order valence-corrected chi connectivity index (χ0v) is 10.0. The summed E-state index contributed by atoms with van der Waals surface area (Å²) >= 11 is 3.24. The van der Waals surface area contributed by atoms with Crippen molar-refractivity contribution >= 4 is 26.0 Å². The number of rotatable bonds is 5. The second-order valence-corrected chi connectivity index (χ2v) is 5.31. The molecule has 0 amide bonds. The Labute approximate surface area is 92.7 Å². The molecule has 0 spiro atoms. The average Bonchev–Trinajstić information content (AvgIpc) is 2.19. The van der Waals surface area contributed by atoms with E-state index in [9.17, 15) is 8.42 Å². The third-order valence-electron chi connectivity index (χ3n) is 1.66. The van der Waals surface area contributed by atoms with Crippen LogP contribution in [0.15, 0.2) is 35.2 Å². The monoisotopic (exact) mass is 277 g/mol. The molecular formula is C9H12BrNO2S. The van der Waals surface area contributed by atoms with E-state index in [2.05, 4.69) is 20.7 Å². The van der Waals surface area contributed by atoms with Crippen LogP contribution < -0.4 is 4.72 Å². The largest absolute Gasteiger partial charge is 0.240 e. The molecule has 0 bridgehead atoms. The second-order valence-electron chi connectivity index (χ2n) is 2.75. The van der Waals surface area contributed by atoms with Crippen LogP contribution in [0.1, 0.15) is 6.42 Å². The Hall–Kier alpha value is -0.390. The maximum Gasteiger partial charge on any atom is 0.240 e. The van der Waals surface area contributed by atoms with Crippen LogP contribution in [-0.4, -0.2) is 20.3 Å². The molecular weight excluding hydrogens is 266 g/mol. The fourth-order valence-electron chi connectivity index (χ4n) is 0.956. The molecule has 3 nitrogen and oxygen atoms in total. The van der Waals surface area contributed by atoms with Gasteiger partial charge in [0.2, 0.25) is 10.0 Å². The molecule has 0 aliphatic heterocycles. The summed E-state index contributed by atoms with van der Waals surface area (Å²) in [5.74, 6) is 0. The van der Waals surface area contributed by atoms with Crippen LogP contribution in [0.3, 0.4) is 0 Å². The van der Waals surface area contributed by atoms with E-state index in [4.69, 9.17) is 0 Å². The quantitative estimate of drug-likeness (QED) is 0.659. The van der Waals surface area contributed by atoms with Gasteiger partial charge in [0.05, 0.1) is 4.90 Å². The van der Waals surface area contributed by atoms with Crippen LogP contribution >= 0.6 is 15.9 Å². The van der Waals surface area contributed by atoms with E-state index in [1.54, 1.807) is 30.3 Å². The fourth-order valence-corrected chi connectivity index (χ4v) is 2.33. The lowest BCUT2D eigenvalue weighted by Crippen LogP contribution is -2.24. The van der Waals surface area contributed by atoms with E-state index < -0.39 is 10.0 Å². The van der Waals surface area contributed by atoms with Gasteiger partial charge in [-0.05, 0) is 18.6 Å². The van der Waals surface area contributed by atoms with Crippen molar-refractivity contribution in [3.63, 3.8) is 0 Å². The highest BCUT2D eigenvalue weighted by Crippen LogP contribution is 2.06. The van der Waals surface area contributed by atoms with Crippen molar-refractivity contribution in [2.24, 2.45) is 0 Å². The first-order chi connectivity index (χ1) is 6.67. The predicted octanol–water partition coefficient (Wildman–Crippen LogP) is 1.75. The smallest absolute Gasteiger partial charge is 0.211 e. The summed E-state index contributed by atoms with van der Waals surface area (Å²) in [7, 11) is -3.30. The Morgan fingerprint density at radius 1 is 1.21 bits per heavy atom. The van der Waals surface area contributed by atoms with Crippen LogP contribution in [0.5, 0.6) is 0 Å². The molecule has 0 heterocycles. The van der Waals surface area contributed by atoms with Crippen molar-refractivity contribution in [3.8, 4) is 0 Å². The molecule has 5 heteroatoms. The average molecular weight is 278 g/mol. The standard InChI is InChI=1S/C9H12BrNO2S/c10-7-4-8-11-14(12,13)9-5-2-1-3-6-9/h1-3,5-6,11H,4,7-8H2. The highest BCUT2D eigenvalue weighted by molar-refractivity contribution is 9.09. The molecule has 0 radical (unpaired) electrons. The van der Waals surface area contributed by atoms with Crippen molar-refractivity contribution in [2.45, 2.75) is 11.3 Å². The Bertz CT molecular complexity index is 364. The number of benzene rings is 1. The first-order valence-corrected chi connectivity index (χ1v) is 6.88. The fraction of sp³-hybridized carbons (Fsp3) is 0.333. The summed E-state index contributed by atoms with van der Waals surface area (Å²) in [6.45, 7) is 0.461. The van der Waals surface area contributed by atoms with Crippen molar-refractivity contribution in [3.05, 3.63) is 30.3 Å².